The molecule has 0 bridgehead atoms. The minimum atomic E-state index is -0.501. The fourth-order valence-corrected chi connectivity index (χ4v) is 12.7. The van der Waals surface area contributed by atoms with E-state index >= 15 is 0 Å². The van der Waals surface area contributed by atoms with Crippen LogP contribution in [0.3, 0.4) is 0 Å². The monoisotopic (exact) mass is 875 g/mol. The van der Waals surface area contributed by atoms with Crippen LogP contribution in [-0.4, -0.2) is 0 Å². The summed E-state index contributed by atoms with van der Waals surface area (Å²) in [5.41, 5.74) is 25.2. The topological polar surface area (TPSA) is 3.24 Å². The molecule has 1 heteroatoms. The molecule has 0 atom stereocenters. The van der Waals surface area contributed by atoms with Gasteiger partial charge in [0.25, 0.3) is 0 Å². The minimum Gasteiger partial charge on any atom is -0.310 e. The van der Waals surface area contributed by atoms with Crippen LogP contribution in [0.2, 0.25) is 0 Å². The van der Waals surface area contributed by atoms with Crippen molar-refractivity contribution in [1.82, 2.24) is 0 Å². The van der Waals surface area contributed by atoms with Gasteiger partial charge in [-0.1, -0.05) is 243 Å². The van der Waals surface area contributed by atoms with E-state index in [4.69, 9.17) is 0 Å². The lowest BCUT2D eigenvalue weighted by molar-refractivity contribution is 0.768. The fraction of sp³-hybridized carbons (Fsp3) is 0.0294. The summed E-state index contributed by atoms with van der Waals surface area (Å²) in [6.07, 6.45) is 0. The Kier molecular flexibility index (Phi) is 8.78. The van der Waals surface area contributed by atoms with E-state index in [1.54, 1.807) is 0 Å². The SMILES string of the molecule is c1ccc(-c2ccccc2-c2ccccc2N(c2ccc3c(c2)-c2ccccc2C3(c2ccccc2)c2ccccc2)c2ccc3c(c2)C2(c4ccccc4-c4ccccc42)c2ccccc2-3)cc1. The van der Waals surface area contributed by atoms with Crippen LogP contribution >= 0.6 is 0 Å². The Balaban J connectivity index is 1.06. The highest BCUT2D eigenvalue weighted by Gasteiger charge is 2.52. The molecule has 14 rings (SSSR count). The van der Waals surface area contributed by atoms with Crippen LogP contribution < -0.4 is 4.90 Å². The van der Waals surface area contributed by atoms with Crippen molar-refractivity contribution < 1.29 is 0 Å². The van der Waals surface area contributed by atoms with E-state index in [1.165, 1.54) is 94.6 Å². The van der Waals surface area contributed by atoms with Crippen molar-refractivity contribution >= 4 is 17.1 Å². The smallest absolute Gasteiger partial charge is 0.0726 e. The first-order chi connectivity index (χ1) is 34.3. The molecule has 69 heavy (non-hydrogen) atoms. The van der Waals surface area contributed by atoms with Crippen LogP contribution in [0, 0.1) is 0 Å². The summed E-state index contributed by atoms with van der Waals surface area (Å²) in [5, 5.41) is 0. The Morgan fingerprint density at radius 2 is 0.594 bits per heavy atom. The molecule has 11 aromatic rings. The molecule has 0 N–H and O–H groups in total. The summed E-state index contributed by atoms with van der Waals surface area (Å²) in [4.78, 5) is 2.54. The first-order valence-electron chi connectivity index (χ1n) is 24.1. The van der Waals surface area contributed by atoms with E-state index < -0.39 is 10.8 Å². The molecule has 0 saturated heterocycles. The zero-order valence-corrected chi connectivity index (χ0v) is 37.9. The molecular weight excluding hydrogens is 831 g/mol. The maximum atomic E-state index is 2.54. The van der Waals surface area contributed by atoms with E-state index in [0.29, 0.717) is 0 Å². The Morgan fingerprint density at radius 1 is 0.217 bits per heavy atom. The number of hydrogen-bond donors (Lipinski definition) is 0. The molecule has 3 aliphatic carbocycles. The van der Waals surface area contributed by atoms with E-state index in [-0.39, 0.29) is 0 Å². The van der Waals surface area contributed by atoms with Crippen molar-refractivity contribution in [3.8, 4) is 55.6 Å². The molecular formula is C68H45N. The van der Waals surface area contributed by atoms with E-state index in [1.807, 2.05) is 0 Å². The Labute approximate surface area is 403 Å². The van der Waals surface area contributed by atoms with Crippen molar-refractivity contribution in [2.45, 2.75) is 10.8 Å². The summed E-state index contributed by atoms with van der Waals surface area (Å²) in [5.74, 6) is 0. The zero-order valence-electron chi connectivity index (χ0n) is 37.9. The summed E-state index contributed by atoms with van der Waals surface area (Å²) in [6.45, 7) is 0. The molecule has 0 aromatic heterocycles. The first kappa shape index (κ1) is 39.4. The van der Waals surface area contributed by atoms with Gasteiger partial charge in [-0.05, 0) is 125 Å². The summed E-state index contributed by atoms with van der Waals surface area (Å²) < 4.78 is 0. The second-order valence-electron chi connectivity index (χ2n) is 18.6. The largest absolute Gasteiger partial charge is 0.310 e. The third kappa shape index (κ3) is 5.53. The average Bonchev–Trinajstić information content (AvgIpc) is 4.02. The molecule has 3 aliphatic rings. The highest BCUT2D eigenvalue weighted by atomic mass is 15.1. The van der Waals surface area contributed by atoms with Crippen LogP contribution in [-0.2, 0) is 10.8 Å². The molecule has 0 fully saturated rings. The van der Waals surface area contributed by atoms with Crippen molar-refractivity contribution in [1.29, 1.82) is 0 Å². The lowest BCUT2D eigenvalue weighted by Gasteiger charge is -2.34. The van der Waals surface area contributed by atoms with Gasteiger partial charge in [0.05, 0.1) is 16.5 Å². The summed E-state index contributed by atoms with van der Waals surface area (Å²) in [7, 11) is 0. The van der Waals surface area contributed by atoms with Crippen LogP contribution in [0.5, 0.6) is 0 Å². The van der Waals surface area contributed by atoms with Gasteiger partial charge in [0.1, 0.15) is 0 Å². The predicted octanol–water partition coefficient (Wildman–Crippen LogP) is 17.2. The van der Waals surface area contributed by atoms with Gasteiger partial charge in [-0.25, -0.2) is 0 Å². The molecule has 1 nitrogen and oxygen atoms in total. The van der Waals surface area contributed by atoms with E-state index in [2.05, 4.69) is 278 Å². The number of benzene rings is 11. The molecule has 11 aromatic carbocycles. The predicted molar refractivity (Wildman–Crippen MR) is 286 cm³/mol. The summed E-state index contributed by atoms with van der Waals surface area (Å²) in [6, 6.07) is 102. The number of nitrogens with zero attached hydrogens (tertiary/aromatic N) is 1. The van der Waals surface area contributed by atoms with Gasteiger partial charge in [-0.3, -0.25) is 0 Å². The van der Waals surface area contributed by atoms with Crippen molar-refractivity contribution in [2.24, 2.45) is 0 Å². The van der Waals surface area contributed by atoms with Gasteiger partial charge < -0.3 is 4.90 Å². The fourth-order valence-electron chi connectivity index (χ4n) is 12.7. The van der Waals surface area contributed by atoms with Gasteiger partial charge >= 0.3 is 0 Å². The standard InChI is InChI=1S/C68H45N/c1-4-22-46(23-5-1)51-28-10-11-29-52(51)58-34-16-21-39-66(58)69(49-41-43-64-59(44-49)56-33-15-17-35-60(56)67(64,47-24-6-2-7-25-47)48-26-8-3-9-27-48)50-40-42-57-55-32-14-20-38-63(55)68(65(57)45-50)61-36-18-12-30-53(61)54-31-13-19-37-62(54)68/h1-45H. The second-order valence-corrected chi connectivity index (χ2v) is 18.6. The highest BCUT2D eigenvalue weighted by Crippen LogP contribution is 2.64. The number of hydrogen-bond acceptors (Lipinski definition) is 1. The third-order valence-corrected chi connectivity index (χ3v) is 15.4. The lowest BCUT2D eigenvalue weighted by Crippen LogP contribution is -2.28. The summed E-state index contributed by atoms with van der Waals surface area (Å²) >= 11 is 0. The normalized spacial score (nSPS) is 13.7. The molecule has 0 saturated carbocycles. The lowest BCUT2D eigenvalue weighted by atomic mass is 9.68. The van der Waals surface area contributed by atoms with Crippen molar-refractivity contribution in [3.05, 3.63) is 317 Å². The Bertz CT molecular complexity index is 3690. The maximum absolute atomic E-state index is 2.54. The van der Waals surface area contributed by atoms with Gasteiger partial charge in [0.15, 0.2) is 0 Å². The van der Waals surface area contributed by atoms with Crippen LogP contribution in [0.25, 0.3) is 55.6 Å². The van der Waals surface area contributed by atoms with Gasteiger partial charge in [-0.15, -0.1) is 0 Å². The number of anilines is 3. The molecule has 0 radical (unpaired) electrons. The van der Waals surface area contributed by atoms with Gasteiger partial charge in [0.2, 0.25) is 0 Å². The molecule has 322 valence electrons. The first-order valence-corrected chi connectivity index (χ1v) is 24.1. The third-order valence-electron chi connectivity index (χ3n) is 15.4. The zero-order chi connectivity index (χ0) is 45.5. The molecule has 1 spiro atoms. The molecule has 0 aliphatic heterocycles. The number of para-hydroxylation sites is 1. The average molecular weight is 876 g/mol. The quantitative estimate of drug-likeness (QED) is 0.154. The second kappa shape index (κ2) is 15.4. The van der Waals surface area contributed by atoms with Crippen molar-refractivity contribution in [2.75, 3.05) is 4.90 Å². The van der Waals surface area contributed by atoms with E-state index in [0.717, 1.165) is 22.6 Å². The highest BCUT2D eigenvalue weighted by molar-refractivity contribution is 5.99. The van der Waals surface area contributed by atoms with Gasteiger partial charge in [-0.2, -0.15) is 0 Å². The van der Waals surface area contributed by atoms with Crippen molar-refractivity contribution in [3.63, 3.8) is 0 Å². The maximum Gasteiger partial charge on any atom is 0.0726 e. The number of fused-ring (bicyclic) bond motifs is 13. The van der Waals surface area contributed by atoms with Crippen LogP contribution in [0.4, 0.5) is 17.1 Å². The minimum absolute atomic E-state index is 0.484. The Hall–Kier alpha value is -8.78. The Morgan fingerprint density at radius 3 is 1.16 bits per heavy atom. The van der Waals surface area contributed by atoms with E-state index in [9.17, 15) is 0 Å². The van der Waals surface area contributed by atoms with Crippen LogP contribution in [0.15, 0.2) is 273 Å². The van der Waals surface area contributed by atoms with Gasteiger partial charge in [0, 0.05) is 16.9 Å². The number of rotatable bonds is 7. The molecule has 0 unspecified atom stereocenters. The van der Waals surface area contributed by atoms with Crippen LogP contribution in [0.1, 0.15) is 44.5 Å². The molecule has 0 amide bonds. The molecule has 0 heterocycles.